The average molecular weight is 517 g/mol. The Labute approximate surface area is 208 Å². The number of H-pyrrole nitrogens is 1. The molecule has 13 heteroatoms. The predicted molar refractivity (Wildman–Crippen MR) is 134 cm³/mol. The van der Waals surface area contributed by atoms with Crippen LogP contribution < -0.4 is 0 Å². The zero-order chi connectivity index (χ0) is 26.5. The van der Waals surface area contributed by atoms with Gasteiger partial charge in [0.25, 0.3) is 0 Å². The van der Waals surface area contributed by atoms with Crippen LogP contribution in [0.5, 0.6) is 0 Å². The molecule has 1 aliphatic heterocycles. The molecule has 0 radical (unpaired) electrons. The van der Waals surface area contributed by atoms with Crippen LogP contribution in [0.4, 0.5) is 0 Å². The van der Waals surface area contributed by atoms with Crippen LogP contribution in [0.1, 0.15) is 17.0 Å². The van der Waals surface area contributed by atoms with Crippen LogP contribution in [0, 0.1) is 0 Å². The maximum absolute atomic E-state index is 12.2. The second kappa shape index (κ2) is 11.4. The Hall–Kier alpha value is -3.64. The smallest absolute Gasteiger partial charge is 0.328 e. The minimum absolute atomic E-state index is 0.130. The number of aromatic amines is 1. The number of hydrogen-bond donors (Lipinski definition) is 3. The van der Waals surface area contributed by atoms with Gasteiger partial charge in [0.2, 0.25) is 10.0 Å². The Kier molecular flexibility index (Phi) is 8.53. The normalized spacial score (nSPS) is 19.2. The summed E-state index contributed by atoms with van der Waals surface area (Å²) in [5.41, 5.74) is 13.4. The number of sulfonamides is 1. The topological polar surface area (TPSA) is 180 Å². The standard InChI is InChI=1S/C19H24N6O2S.C4H4O4/c1-24-11-13(12-25(28(2,26)27)7-6-22-23-20)8-16-15-4-3-5-17-19(15)14(10-21-17)9-18(16)24;5-3(6)1-2-4(7)8/h3-5,8,10,16,18,21H,6-7,9,11-12H2,1-2H3;1-2H,(H,5,6)(H,7,8)/b;2-1-/t16-,18-;/m1./s1. The lowest BCUT2D eigenvalue weighted by Crippen LogP contribution is -2.46. The molecule has 0 unspecified atom stereocenters. The summed E-state index contributed by atoms with van der Waals surface area (Å²) in [6.07, 6.45) is 7.66. The molecule has 1 aromatic heterocycles. The zero-order valence-electron chi connectivity index (χ0n) is 19.9. The lowest BCUT2D eigenvalue weighted by molar-refractivity contribution is -0.134. The van der Waals surface area contributed by atoms with E-state index in [2.05, 4.69) is 57.4 Å². The molecule has 0 saturated carbocycles. The fourth-order valence-electron chi connectivity index (χ4n) is 4.69. The van der Waals surface area contributed by atoms with Crippen molar-refractivity contribution in [2.24, 2.45) is 5.11 Å². The van der Waals surface area contributed by atoms with E-state index < -0.39 is 22.0 Å². The van der Waals surface area contributed by atoms with Gasteiger partial charge in [0.1, 0.15) is 0 Å². The van der Waals surface area contributed by atoms with Crippen LogP contribution in [0.3, 0.4) is 0 Å². The monoisotopic (exact) mass is 516 g/mol. The van der Waals surface area contributed by atoms with Crippen molar-refractivity contribution in [2.75, 3.05) is 39.5 Å². The zero-order valence-corrected chi connectivity index (χ0v) is 20.7. The van der Waals surface area contributed by atoms with E-state index in [0.717, 1.165) is 24.1 Å². The minimum atomic E-state index is -3.39. The Balaban J connectivity index is 0.000000392. The lowest BCUT2D eigenvalue weighted by Gasteiger charge is -2.42. The number of carbonyl (C=O) groups is 2. The number of benzene rings is 1. The van der Waals surface area contributed by atoms with Gasteiger partial charge in [-0.05, 0) is 41.8 Å². The van der Waals surface area contributed by atoms with Gasteiger partial charge in [-0.3, -0.25) is 4.90 Å². The highest BCUT2D eigenvalue weighted by atomic mass is 32.2. The number of rotatable bonds is 8. The quantitative estimate of drug-likeness (QED) is 0.158. The first-order valence-electron chi connectivity index (χ1n) is 11.1. The highest BCUT2D eigenvalue weighted by Crippen LogP contribution is 2.41. The number of carboxylic acid groups (broad SMARTS) is 2. The van der Waals surface area contributed by atoms with Crippen LogP contribution in [0.2, 0.25) is 0 Å². The van der Waals surface area contributed by atoms with Gasteiger partial charge in [0.05, 0.1) is 6.26 Å². The summed E-state index contributed by atoms with van der Waals surface area (Å²) >= 11 is 0. The summed E-state index contributed by atoms with van der Waals surface area (Å²) in [4.78, 5) is 27.5. The molecular weight excluding hydrogens is 488 g/mol. The molecule has 12 nitrogen and oxygen atoms in total. The van der Waals surface area contributed by atoms with Crippen molar-refractivity contribution >= 4 is 32.9 Å². The van der Waals surface area contributed by atoms with Crippen LogP contribution in [0.25, 0.3) is 21.3 Å². The Morgan fingerprint density at radius 2 is 2.00 bits per heavy atom. The molecule has 192 valence electrons. The number of aliphatic carboxylic acids is 2. The second-order valence-electron chi connectivity index (χ2n) is 8.68. The van der Waals surface area contributed by atoms with Crippen molar-refractivity contribution in [2.45, 2.75) is 18.4 Å². The molecule has 0 bridgehead atoms. The van der Waals surface area contributed by atoms with Gasteiger partial charge >= 0.3 is 11.9 Å². The molecular formula is C23H28N6O6S. The van der Waals surface area contributed by atoms with Crippen LogP contribution in [0.15, 0.2) is 53.3 Å². The molecule has 4 rings (SSSR count). The first-order valence-corrected chi connectivity index (χ1v) is 12.9. The number of hydrogen-bond acceptors (Lipinski definition) is 6. The fraction of sp³-hybridized carbons (Fsp3) is 0.391. The summed E-state index contributed by atoms with van der Waals surface area (Å²) in [5.74, 6) is -2.28. The lowest BCUT2D eigenvalue weighted by atomic mass is 9.76. The Bertz CT molecular complexity index is 1340. The summed E-state index contributed by atoms with van der Waals surface area (Å²) < 4.78 is 25.8. The molecule has 36 heavy (non-hydrogen) atoms. The molecule has 3 N–H and O–H groups in total. The van der Waals surface area contributed by atoms with Crippen molar-refractivity contribution < 1.29 is 28.2 Å². The highest BCUT2D eigenvalue weighted by Gasteiger charge is 2.36. The average Bonchev–Trinajstić information content (AvgIpc) is 3.22. The van der Waals surface area contributed by atoms with Crippen molar-refractivity contribution in [1.82, 2.24) is 14.2 Å². The molecule has 0 amide bonds. The largest absolute Gasteiger partial charge is 0.478 e. The first-order chi connectivity index (χ1) is 17.0. The molecule has 2 aromatic rings. The number of azide groups is 1. The van der Waals surface area contributed by atoms with Crippen molar-refractivity contribution in [1.29, 1.82) is 0 Å². The number of nitrogens with one attached hydrogen (secondary N) is 1. The van der Waals surface area contributed by atoms with E-state index in [4.69, 9.17) is 15.7 Å². The van der Waals surface area contributed by atoms with Crippen molar-refractivity contribution in [3.05, 3.63) is 69.8 Å². The SMILES string of the molecule is CN1CC(CN(CCN=[N+]=[N-])S(C)(=O)=O)=C[C@@H]2c3cccc4[nH]cc(c34)C[C@H]21.O=C(O)/C=C\C(=O)O. The van der Waals surface area contributed by atoms with E-state index in [9.17, 15) is 18.0 Å². The maximum atomic E-state index is 12.2. The molecule has 2 atom stereocenters. The highest BCUT2D eigenvalue weighted by molar-refractivity contribution is 7.88. The summed E-state index contributed by atoms with van der Waals surface area (Å²) in [6.45, 7) is 1.37. The minimum Gasteiger partial charge on any atom is -0.478 e. The number of likely N-dealkylation sites (N-methyl/N-ethyl adjacent to an activating group) is 1. The van der Waals surface area contributed by atoms with E-state index >= 15 is 0 Å². The van der Waals surface area contributed by atoms with Gasteiger partial charge in [-0.25, -0.2) is 18.0 Å². The molecule has 0 fully saturated rings. The third-order valence-electron chi connectivity index (χ3n) is 6.19. The van der Waals surface area contributed by atoms with E-state index in [0.29, 0.717) is 24.7 Å². The Morgan fingerprint density at radius 1 is 1.31 bits per heavy atom. The molecule has 1 aliphatic carbocycles. The molecule has 0 saturated heterocycles. The summed E-state index contributed by atoms with van der Waals surface area (Å²) in [6, 6.07) is 6.72. The van der Waals surface area contributed by atoms with Gasteiger partial charge in [-0.1, -0.05) is 23.3 Å². The third-order valence-corrected chi connectivity index (χ3v) is 7.44. The van der Waals surface area contributed by atoms with Gasteiger partial charge in [0, 0.05) is 72.3 Å². The number of carboxylic acids is 2. The maximum Gasteiger partial charge on any atom is 0.328 e. The van der Waals surface area contributed by atoms with E-state index in [1.54, 1.807) is 0 Å². The van der Waals surface area contributed by atoms with E-state index in [-0.39, 0.29) is 19.0 Å². The molecule has 2 heterocycles. The van der Waals surface area contributed by atoms with E-state index in [1.165, 1.54) is 27.1 Å². The third kappa shape index (κ3) is 6.52. The van der Waals surface area contributed by atoms with Gasteiger partial charge < -0.3 is 15.2 Å². The van der Waals surface area contributed by atoms with Crippen LogP contribution in [-0.2, 0) is 26.0 Å². The number of fused-ring (bicyclic) bond motifs is 2. The summed E-state index contributed by atoms with van der Waals surface area (Å²) in [5, 5.41) is 20.4. The van der Waals surface area contributed by atoms with E-state index in [1.807, 2.05) is 0 Å². The Morgan fingerprint density at radius 3 is 2.61 bits per heavy atom. The summed E-state index contributed by atoms with van der Waals surface area (Å²) in [7, 11) is -1.28. The second-order valence-corrected chi connectivity index (χ2v) is 10.7. The number of nitrogens with zero attached hydrogens (tertiary/aromatic N) is 5. The predicted octanol–water partition coefficient (Wildman–Crippen LogP) is 2.33. The van der Waals surface area contributed by atoms with Crippen molar-refractivity contribution in [3.8, 4) is 0 Å². The molecule has 0 spiro atoms. The molecule has 1 aromatic carbocycles. The molecule has 2 aliphatic rings. The van der Waals surface area contributed by atoms with Crippen LogP contribution in [-0.4, -0.2) is 90.3 Å². The first kappa shape index (κ1) is 27.0. The number of aromatic nitrogens is 1. The fourth-order valence-corrected chi connectivity index (χ4v) is 5.51. The van der Waals surface area contributed by atoms with Gasteiger partial charge in [0.15, 0.2) is 0 Å². The van der Waals surface area contributed by atoms with Gasteiger partial charge in [-0.15, -0.1) is 0 Å². The van der Waals surface area contributed by atoms with Crippen LogP contribution >= 0.6 is 0 Å². The van der Waals surface area contributed by atoms with Gasteiger partial charge in [-0.2, -0.15) is 4.31 Å². The van der Waals surface area contributed by atoms with Crippen molar-refractivity contribution in [3.63, 3.8) is 0 Å².